The normalized spacial score (nSPS) is 26.1. The fourth-order valence-corrected chi connectivity index (χ4v) is 2.23. The number of nitrogens with zero attached hydrogens (tertiary/aromatic N) is 1. The molecule has 0 aromatic rings. The fourth-order valence-electron chi connectivity index (χ4n) is 1.78. The number of nitrogens with one attached hydrogen (secondary N) is 1. The molecule has 0 aromatic carbocycles. The molecular formula is C9H20N2O2S. The van der Waals surface area contributed by atoms with Crippen LogP contribution in [0.5, 0.6) is 0 Å². The maximum Gasteiger partial charge on any atom is 0.154 e. The molecule has 0 saturated carbocycles. The SMILES string of the molecule is CN(CCS(=O)O)C1CCCCNC1. The molecule has 84 valence electrons. The summed E-state index contributed by atoms with van der Waals surface area (Å²) in [5.74, 6) is 0.354. The largest absolute Gasteiger partial charge is 0.315 e. The predicted molar refractivity (Wildman–Crippen MR) is 58.8 cm³/mol. The van der Waals surface area contributed by atoms with Crippen molar-refractivity contribution >= 4 is 11.1 Å². The van der Waals surface area contributed by atoms with Gasteiger partial charge in [0.25, 0.3) is 0 Å². The molecule has 0 bridgehead atoms. The Morgan fingerprint density at radius 3 is 3.07 bits per heavy atom. The second kappa shape index (κ2) is 6.50. The van der Waals surface area contributed by atoms with E-state index >= 15 is 0 Å². The van der Waals surface area contributed by atoms with E-state index in [-0.39, 0.29) is 0 Å². The molecule has 1 saturated heterocycles. The van der Waals surface area contributed by atoms with Gasteiger partial charge in [0.1, 0.15) is 0 Å². The summed E-state index contributed by atoms with van der Waals surface area (Å²) in [5, 5.41) is 3.39. The van der Waals surface area contributed by atoms with Crippen molar-refractivity contribution in [3.8, 4) is 0 Å². The zero-order valence-corrected chi connectivity index (χ0v) is 9.55. The highest BCUT2D eigenvalue weighted by atomic mass is 32.2. The first-order valence-corrected chi connectivity index (χ1v) is 6.46. The summed E-state index contributed by atoms with van der Waals surface area (Å²) in [6.07, 6.45) is 3.70. The molecule has 2 atom stereocenters. The molecule has 5 heteroatoms. The third-order valence-electron chi connectivity index (χ3n) is 2.76. The Morgan fingerprint density at radius 2 is 2.36 bits per heavy atom. The second-order valence-electron chi connectivity index (χ2n) is 3.86. The lowest BCUT2D eigenvalue weighted by molar-refractivity contribution is 0.242. The van der Waals surface area contributed by atoms with Gasteiger partial charge in [-0.1, -0.05) is 6.42 Å². The maximum absolute atomic E-state index is 10.5. The standard InChI is InChI=1S/C9H20N2O2S/c1-11(6-7-14(12)13)9-4-2-3-5-10-8-9/h9-10H,2-8H2,1H3,(H,12,13). The van der Waals surface area contributed by atoms with Crippen LogP contribution in [-0.2, 0) is 11.1 Å². The maximum atomic E-state index is 10.5. The van der Waals surface area contributed by atoms with Crippen LogP contribution in [0, 0.1) is 0 Å². The molecule has 1 heterocycles. The molecule has 1 rings (SSSR count). The summed E-state index contributed by atoms with van der Waals surface area (Å²) in [6, 6.07) is 0.529. The minimum Gasteiger partial charge on any atom is -0.315 e. The quantitative estimate of drug-likeness (QED) is 0.668. The highest BCUT2D eigenvalue weighted by Gasteiger charge is 2.16. The van der Waals surface area contributed by atoms with Crippen molar-refractivity contribution in [2.45, 2.75) is 25.3 Å². The van der Waals surface area contributed by atoms with Gasteiger partial charge < -0.3 is 14.8 Å². The van der Waals surface area contributed by atoms with Gasteiger partial charge in [0.15, 0.2) is 11.1 Å². The third kappa shape index (κ3) is 4.50. The summed E-state index contributed by atoms with van der Waals surface area (Å²) in [4.78, 5) is 2.19. The number of hydrogen-bond acceptors (Lipinski definition) is 3. The number of hydrogen-bond donors (Lipinski definition) is 2. The van der Waals surface area contributed by atoms with E-state index < -0.39 is 11.1 Å². The van der Waals surface area contributed by atoms with E-state index in [1.807, 2.05) is 7.05 Å². The summed E-state index contributed by atoms with van der Waals surface area (Å²) in [5.41, 5.74) is 0. The Kier molecular flexibility index (Phi) is 5.62. The lowest BCUT2D eigenvalue weighted by atomic mass is 10.1. The van der Waals surface area contributed by atoms with Gasteiger partial charge in [-0.05, 0) is 26.4 Å². The Labute approximate surface area is 88.3 Å². The monoisotopic (exact) mass is 220 g/mol. The predicted octanol–water partition coefficient (Wildman–Crippen LogP) is 0.282. The van der Waals surface area contributed by atoms with Crippen LogP contribution >= 0.6 is 0 Å². The van der Waals surface area contributed by atoms with Crippen LogP contribution in [0.1, 0.15) is 19.3 Å². The second-order valence-corrected chi connectivity index (χ2v) is 4.91. The Bertz CT molecular complexity index is 182. The first-order valence-electron chi connectivity index (χ1n) is 5.18. The van der Waals surface area contributed by atoms with Crippen molar-refractivity contribution < 1.29 is 8.76 Å². The van der Waals surface area contributed by atoms with Gasteiger partial charge in [0, 0.05) is 19.1 Å². The molecule has 0 aliphatic carbocycles. The van der Waals surface area contributed by atoms with Gasteiger partial charge in [-0.2, -0.15) is 0 Å². The van der Waals surface area contributed by atoms with Gasteiger partial charge in [-0.25, -0.2) is 4.21 Å². The van der Waals surface area contributed by atoms with Crippen LogP contribution in [0.25, 0.3) is 0 Å². The molecule has 0 amide bonds. The molecule has 1 aliphatic heterocycles. The van der Waals surface area contributed by atoms with Crippen molar-refractivity contribution in [3.05, 3.63) is 0 Å². The molecule has 2 N–H and O–H groups in total. The van der Waals surface area contributed by atoms with E-state index in [0.29, 0.717) is 18.3 Å². The van der Waals surface area contributed by atoms with E-state index in [1.165, 1.54) is 19.3 Å². The molecule has 0 radical (unpaired) electrons. The van der Waals surface area contributed by atoms with Crippen LogP contribution in [0.3, 0.4) is 0 Å². The highest BCUT2D eigenvalue weighted by Crippen LogP contribution is 2.09. The Hall–Kier alpha value is 0.0300. The highest BCUT2D eigenvalue weighted by molar-refractivity contribution is 7.79. The van der Waals surface area contributed by atoms with Gasteiger partial charge in [-0.15, -0.1) is 0 Å². The zero-order valence-electron chi connectivity index (χ0n) is 8.74. The summed E-state index contributed by atoms with van der Waals surface area (Å²) >= 11 is -1.66. The molecule has 0 aromatic heterocycles. The first-order chi connectivity index (χ1) is 6.70. The van der Waals surface area contributed by atoms with Crippen LogP contribution in [0.2, 0.25) is 0 Å². The zero-order chi connectivity index (χ0) is 10.4. The summed E-state index contributed by atoms with van der Waals surface area (Å²) in [7, 11) is 2.03. The van der Waals surface area contributed by atoms with Gasteiger partial charge in [0.2, 0.25) is 0 Å². The van der Waals surface area contributed by atoms with Crippen LogP contribution in [0.15, 0.2) is 0 Å². The van der Waals surface area contributed by atoms with Crippen LogP contribution in [-0.4, -0.2) is 52.1 Å². The third-order valence-corrected chi connectivity index (χ3v) is 3.29. The lowest BCUT2D eigenvalue weighted by Gasteiger charge is -2.26. The average molecular weight is 220 g/mol. The number of likely N-dealkylation sites (N-methyl/N-ethyl adjacent to an activating group) is 1. The molecule has 14 heavy (non-hydrogen) atoms. The van der Waals surface area contributed by atoms with Gasteiger partial charge >= 0.3 is 0 Å². The molecule has 1 aliphatic rings. The Morgan fingerprint density at radius 1 is 1.57 bits per heavy atom. The van der Waals surface area contributed by atoms with Crippen molar-refractivity contribution in [1.82, 2.24) is 10.2 Å². The molecule has 2 unspecified atom stereocenters. The van der Waals surface area contributed by atoms with Gasteiger partial charge in [0.05, 0.1) is 5.75 Å². The van der Waals surface area contributed by atoms with Crippen molar-refractivity contribution in [1.29, 1.82) is 0 Å². The van der Waals surface area contributed by atoms with Crippen molar-refractivity contribution in [2.24, 2.45) is 0 Å². The number of rotatable bonds is 4. The van der Waals surface area contributed by atoms with Crippen molar-refractivity contribution in [3.63, 3.8) is 0 Å². The minimum atomic E-state index is -1.66. The van der Waals surface area contributed by atoms with E-state index in [2.05, 4.69) is 10.2 Å². The van der Waals surface area contributed by atoms with Crippen LogP contribution in [0.4, 0.5) is 0 Å². The van der Waals surface area contributed by atoms with Crippen LogP contribution < -0.4 is 5.32 Å². The van der Waals surface area contributed by atoms with E-state index in [1.54, 1.807) is 0 Å². The molecule has 0 spiro atoms. The summed E-state index contributed by atoms with van der Waals surface area (Å²) < 4.78 is 19.2. The fraction of sp³-hybridized carbons (Fsp3) is 1.00. The van der Waals surface area contributed by atoms with Gasteiger partial charge in [-0.3, -0.25) is 0 Å². The smallest absolute Gasteiger partial charge is 0.154 e. The Balaban J connectivity index is 2.26. The van der Waals surface area contributed by atoms with E-state index in [9.17, 15) is 4.21 Å². The molecule has 1 fully saturated rings. The lowest BCUT2D eigenvalue weighted by Crippen LogP contribution is -2.40. The minimum absolute atomic E-state index is 0.354. The molecular weight excluding hydrogens is 200 g/mol. The molecule has 4 nitrogen and oxygen atoms in total. The first kappa shape index (κ1) is 12.1. The average Bonchev–Trinajstić information content (AvgIpc) is 2.42. The van der Waals surface area contributed by atoms with E-state index in [4.69, 9.17) is 4.55 Å². The van der Waals surface area contributed by atoms with E-state index in [0.717, 1.165) is 13.1 Å². The van der Waals surface area contributed by atoms with Crippen molar-refractivity contribution in [2.75, 3.05) is 32.4 Å². The topological polar surface area (TPSA) is 52.6 Å². The summed E-state index contributed by atoms with van der Waals surface area (Å²) in [6.45, 7) is 2.82.